The van der Waals surface area contributed by atoms with E-state index in [1.165, 1.54) is 12.1 Å². The van der Waals surface area contributed by atoms with Crippen molar-refractivity contribution < 1.29 is 23.9 Å². The minimum atomic E-state index is -1.24. The fourth-order valence-corrected chi connectivity index (χ4v) is 3.46. The summed E-state index contributed by atoms with van der Waals surface area (Å²) < 4.78 is 13.9. The zero-order valence-corrected chi connectivity index (χ0v) is 13.1. The highest BCUT2D eigenvalue weighted by Gasteiger charge is 2.38. The van der Waals surface area contributed by atoms with E-state index in [1.54, 1.807) is 4.90 Å². The van der Waals surface area contributed by atoms with Crippen LogP contribution in [0.3, 0.4) is 0 Å². The summed E-state index contributed by atoms with van der Waals surface area (Å²) in [5, 5.41) is 11.3. The lowest BCUT2D eigenvalue weighted by molar-refractivity contribution is -0.129. The molecule has 1 unspecified atom stereocenters. The molecule has 0 spiro atoms. The monoisotopic (exact) mass is 334 g/mol. The lowest BCUT2D eigenvalue weighted by Crippen LogP contribution is -2.35. The third-order valence-electron chi connectivity index (χ3n) is 4.77. The van der Waals surface area contributed by atoms with E-state index < -0.39 is 23.6 Å². The first-order valence-corrected chi connectivity index (χ1v) is 8.09. The molecule has 1 aromatic carbocycles. The number of aromatic carboxylic acids is 1. The largest absolute Gasteiger partial charge is 0.478 e. The summed E-state index contributed by atoms with van der Waals surface area (Å²) >= 11 is 0. The van der Waals surface area contributed by atoms with Gasteiger partial charge < -0.3 is 15.3 Å². The van der Waals surface area contributed by atoms with E-state index in [0.29, 0.717) is 6.54 Å². The van der Waals surface area contributed by atoms with Crippen LogP contribution in [0.4, 0.5) is 10.1 Å². The number of nitrogens with one attached hydrogen (secondary N) is 1. The van der Waals surface area contributed by atoms with Crippen LogP contribution < -0.4 is 5.32 Å². The van der Waals surface area contributed by atoms with E-state index >= 15 is 0 Å². The number of halogens is 1. The second-order valence-electron chi connectivity index (χ2n) is 6.37. The second kappa shape index (κ2) is 6.59. The molecule has 1 atom stereocenters. The molecule has 1 saturated carbocycles. The number of nitrogens with zero attached hydrogens (tertiary/aromatic N) is 1. The van der Waals surface area contributed by atoms with Crippen LogP contribution in [0.5, 0.6) is 0 Å². The maximum Gasteiger partial charge on any atom is 0.335 e. The molecule has 1 aromatic rings. The van der Waals surface area contributed by atoms with Gasteiger partial charge in [-0.25, -0.2) is 9.18 Å². The van der Waals surface area contributed by atoms with E-state index in [2.05, 4.69) is 5.32 Å². The number of hydrogen-bond acceptors (Lipinski definition) is 3. The molecule has 128 valence electrons. The number of likely N-dealkylation sites (tertiary alicyclic amines) is 1. The van der Waals surface area contributed by atoms with Crippen molar-refractivity contribution in [3.63, 3.8) is 0 Å². The van der Waals surface area contributed by atoms with Gasteiger partial charge in [-0.1, -0.05) is 12.8 Å². The predicted octanol–water partition coefficient (Wildman–Crippen LogP) is 2.25. The highest BCUT2D eigenvalue weighted by molar-refractivity contribution is 5.97. The summed E-state index contributed by atoms with van der Waals surface area (Å²) in [5.74, 6) is -2.98. The lowest BCUT2D eigenvalue weighted by Gasteiger charge is -2.23. The highest BCUT2D eigenvalue weighted by atomic mass is 19.1. The summed E-state index contributed by atoms with van der Waals surface area (Å²) in [6.45, 7) is 0.365. The number of carboxylic acid groups (broad SMARTS) is 1. The molecule has 1 heterocycles. The maximum atomic E-state index is 13.9. The number of carbonyl (C=O) groups is 3. The highest BCUT2D eigenvalue weighted by Crippen LogP contribution is 2.30. The number of anilines is 1. The SMILES string of the molecule is O=C(O)c1ccc(NC(=O)C2CC(=O)N(C3CCCC3)C2)c(F)c1. The number of carbonyl (C=O) groups excluding carboxylic acids is 2. The van der Waals surface area contributed by atoms with Crippen LogP contribution in [-0.4, -0.2) is 40.4 Å². The van der Waals surface area contributed by atoms with Crippen molar-refractivity contribution in [1.82, 2.24) is 4.90 Å². The Morgan fingerprint density at radius 3 is 2.58 bits per heavy atom. The van der Waals surface area contributed by atoms with Crippen LogP contribution in [0.25, 0.3) is 0 Å². The van der Waals surface area contributed by atoms with Crippen molar-refractivity contribution in [3.8, 4) is 0 Å². The standard InChI is InChI=1S/C17H19FN2O4/c18-13-7-10(17(23)24)5-6-14(13)19-16(22)11-8-15(21)20(9-11)12-3-1-2-4-12/h5-7,11-12H,1-4,8-9H2,(H,19,22)(H,23,24). The Kier molecular flexibility index (Phi) is 4.51. The molecule has 3 rings (SSSR count). The molecular weight excluding hydrogens is 315 g/mol. The quantitative estimate of drug-likeness (QED) is 0.884. The van der Waals surface area contributed by atoms with Crippen LogP contribution in [0.2, 0.25) is 0 Å². The molecule has 2 amide bonds. The van der Waals surface area contributed by atoms with E-state index in [0.717, 1.165) is 31.7 Å². The summed E-state index contributed by atoms with van der Waals surface area (Å²) in [6, 6.07) is 3.54. The Morgan fingerprint density at radius 1 is 1.25 bits per heavy atom. The van der Waals surface area contributed by atoms with Gasteiger partial charge in [0.1, 0.15) is 5.82 Å². The number of carboxylic acids is 1. The Bertz CT molecular complexity index is 685. The van der Waals surface area contributed by atoms with Crippen molar-refractivity contribution in [2.75, 3.05) is 11.9 Å². The average Bonchev–Trinajstić information content (AvgIpc) is 3.18. The minimum absolute atomic E-state index is 0.0243. The summed E-state index contributed by atoms with van der Waals surface area (Å²) in [5.41, 5.74) is -0.259. The molecule has 1 aliphatic carbocycles. The van der Waals surface area contributed by atoms with Crippen molar-refractivity contribution in [1.29, 1.82) is 0 Å². The first kappa shape index (κ1) is 16.4. The normalized spacial score (nSPS) is 21.3. The van der Waals surface area contributed by atoms with Gasteiger partial charge in [0.2, 0.25) is 11.8 Å². The number of benzene rings is 1. The Balaban J connectivity index is 1.65. The predicted molar refractivity (Wildman–Crippen MR) is 84.1 cm³/mol. The van der Waals surface area contributed by atoms with Crippen molar-refractivity contribution in [2.24, 2.45) is 5.92 Å². The third-order valence-corrected chi connectivity index (χ3v) is 4.77. The maximum absolute atomic E-state index is 13.9. The zero-order valence-electron chi connectivity index (χ0n) is 13.1. The molecule has 7 heteroatoms. The van der Waals surface area contributed by atoms with Gasteiger partial charge in [-0.05, 0) is 31.0 Å². The van der Waals surface area contributed by atoms with E-state index in [9.17, 15) is 18.8 Å². The zero-order chi connectivity index (χ0) is 17.3. The average molecular weight is 334 g/mol. The van der Waals surface area contributed by atoms with Gasteiger partial charge >= 0.3 is 5.97 Å². The second-order valence-corrected chi connectivity index (χ2v) is 6.37. The Labute approximate surface area is 138 Å². The molecule has 0 aromatic heterocycles. The van der Waals surface area contributed by atoms with Crippen LogP contribution in [0.15, 0.2) is 18.2 Å². The smallest absolute Gasteiger partial charge is 0.335 e. The molecule has 24 heavy (non-hydrogen) atoms. The fourth-order valence-electron chi connectivity index (χ4n) is 3.46. The van der Waals surface area contributed by atoms with Gasteiger partial charge in [-0.2, -0.15) is 0 Å². The minimum Gasteiger partial charge on any atom is -0.478 e. The van der Waals surface area contributed by atoms with Crippen molar-refractivity contribution in [2.45, 2.75) is 38.1 Å². The van der Waals surface area contributed by atoms with Gasteiger partial charge in [-0.3, -0.25) is 9.59 Å². The fraction of sp³-hybridized carbons (Fsp3) is 0.471. The number of amides is 2. The van der Waals surface area contributed by atoms with Crippen molar-refractivity contribution in [3.05, 3.63) is 29.6 Å². The van der Waals surface area contributed by atoms with Crippen LogP contribution in [-0.2, 0) is 9.59 Å². The first-order valence-electron chi connectivity index (χ1n) is 8.09. The van der Waals surface area contributed by atoms with Gasteiger partial charge in [0, 0.05) is 19.0 Å². The van der Waals surface area contributed by atoms with Crippen molar-refractivity contribution >= 4 is 23.5 Å². The molecular formula is C17H19FN2O4. The molecule has 1 saturated heterocycles. The molecule has 2 N–H and O–H groups in total. The number of rotatable bonds is 4. The number of hydrogen-bond donors (Lipinski definition) is 2. The van der Waals surface area contributed by atoms with Gasteiger partial charge in [0.25, 0.3) is 0 Å². The summed E-state index contributed by atoms with van der Waals surface area (Å²) in [4.78, 5) is 37.0. The van der Waals surface area contributed by atoms with Crippen LogP contribution in [0.1, 0.15) is 42.5 Å². The topological polar surface area (TPSA) is 86.7 Å². The van der Waals surface area contributed by atoms with Gasteiger partial charge in [0.05, 0.1) is 17.2 Å². The van der Waals surface area contributed by atoms with Crippen LogP contribution >= 0.6 is 0 Å². The first-order chi connectivity index (χ1) is 11.5. The van der Waals surface area contributed by atoms with E-state index in [-0.39, 0.29) is 29.6 Å². The third kappa shape index (κ3) is 3.25. The van der Waals surface area contributed by atoms with E-state index in [1.807, 2.05) is 0 Å². The molecule has 6 nitrogen and oxygen atoms in total. The summed E-state index contributed by atoms with van der Waals surface area (Å²) in [7, 11) is 0. The molecule has 0 bridgehead atoms. The Hall–Kier alpha value is -2.44. The molecule has 2 aliphatic rings. The van der Waals surface area contributed by atoms with Gasteiger partial charge in [0.15, 0.2) is 0 Å². The molecule has 2 fully saturated rings. The molecule has 1 aliphatic heterocycles. The lowest BCUT2D eigenvalue weighted by atomic mass is 10.1. The van der Waals surface area contributed by atoms with E-state index in [4.69, 9.17) is 5.11 Å². The molecule has 0 radical (unpaired) electrons. The Morgan fingerprint density at radius 2 is 1.96 bits per heavy atom. The van der Waals surface area contributed by atoms with Gasteiger partial charge in [-0.15, -0.1) is 0 Å². The van der Waals surface area contributed by atoms with Crippen LogP contribution in [0, 0.1) is 11.7 Å². The summed E-state index contributed by atoms with van der Waals surface area (Å²) in [6.07, 6.45) is 4.30.